The molecule has 35 heavy (non-hydrogen) atoms. The van der Waals surface area contributed by atoms with Gasteiger partial charge in [0.2, 0.25) is 0 Å². The van der Waals surface area contributed by atoms with Crippen molar-refractivity contribution in [2.75, 3.05) is 10.6 Å². The number of aromatic nitrogens is 2. The molecule has 2 amide bonds. The van der Waals surface area contributed by atoms with Crippen LogP contribution in [0.3, 0.4) is 0 Å². The molecule has 0 fully saturated rings. The third-order valence-electron chi connectivity index (χ3n) is 4.96. The molecule has 0 atom stereocenters. The van der Waals surface area contributed by atoms with Gasteiger partial charge in [-0.25, -0.2) is 0 Å². The number of hydrogen-bond donors (Lipinski definition) is 2. The summed E-state index contributed by atoms with van der Waals surface area (Å²) in [5.41, 5.74) is 1.71. The van der Waals surface area contributed by atoms with Crippen molar-refractivity contribution in [2.24, 2.45) is 7.05 Å². The fourth-order valence-electron chi connectivity index (χ4n) is 3.25. The van der Waals surface area contributed by atoms with Crippen molar-refractivity contribution in [1.82, 2.24) is 9.78 Å². The van der Waals surface area contributed by atoms with Crippen molar-refractivity contribution in [3.63, 3.8) is 0 Å². The summed E-state index contributed by atoms with van der Waals surface area (Å²) < 4.78 is 12.7. The Balaban J connectivity index is 1.35. The summed E-state index contributed by atoms with van der Waals surface area (Å²) in [6.07, 6.45) is 1.67. The van der Waals surface area contributed by atoms with Crippen LogP contribution in [0.25, 0.3) is 0 Å². The standard InChI is InChI=1S/C24H21N5O6/c1-15-12-18(6-8-21(15)29(32)33)34-14-19-7-9-22(35-19)24(31)26-17-5-3-4-16(13-17)25-23(30)20-10-11-28(2)27-20/h3-13H,14H2,1-2H3,(H,25,30)(H,26,31). The van der Waals surface area contributed by atoms with Gasteiger partial charge in [-0.2, -0.15) is 5.10 Å². The third-order valence-corrected chi connectivity index (χ3v) is 4.96. The van der Waals surface area contributed by atoms with Gasteiger partial charge in [0.25, 0.3) is 17.5 Å². The lowest BCUT2D eigenvalue weighted by Crippen LogP contribution is -2.14. The summed E-state index contributed by atoms with van der Waals surface area (Å²) in [4.78, 5) is 35.3. The Bertz CT molecular complexity index is 1410. The van der Waals surface area contributed by atoms with Crippen LogP contribution in [-0.2, 0) is 13.7 Å². The van der Waals surface area contributed by atoms with Crippen LogP contribution < -0.4 is 15.4 Å². The van der Waals surface area contributed by atoms with Gasteiger partial charge in [0.1, 0.15) is 18.1 Å². The van der Waals surface area contributed by atoms with Crippen molar-refractivity contribution in [2.45, 2.75) is 13.5 Å². The van der Waals surface area contributed by atoms with E-state index >= 15 is 0 Å². The first-order chi connectivity index (χ1) is 16.8. The number of amides is 2. The lowest BCUT2D eigenvalue weighted by molar-refractivity contribution is -0.385. The van der Waals surface area contributed by atoms with E-state index in [0.29, 0.717) is 28.4 Å². The largest absolute Gasteiger partial charge is 0.486 e. The Morgan fingerprint density at radius 1 is 1.06 bits per heavy atom. The predicted molar refractivity (Wildman–Crippen MR) is 126 cm³/mol. The van der Waals surface area contributed by atoms with Crippen molar-refractivity contribution in [3.8, 4) is 5.75 Å². The number of anilines is 2. The topological polar surface area (TPSA) is 142 Å². The number of furan rings is 1. The number of nitro groups is 1. The molecule has 0 bridgehead atoms. The number of benzene rings is 2. The molecule has 4 aromatic rings. The molecule has 2 aromatic carbocycles. The molecule has 4 rings (SSSR count). The molecule has 0 radical (unpaired) electrons. The van der Waals surface area contributed by atoms with E-state index in [0.717, 1.165) is 0 Å². The van der Waals surface area contributed by atoms with Crippen LogP contribution in [0.4, 0.5) is 17.1 Å². The molecule has 2 heterocycles. The summed E-state index contributed by atoms with van der Waals surface area (Å²) in [5, 5.41) is 20.4. The number of nitrogens with zero attached hydrogens (tertiary/aromatic N) is 3. The maximum atomic E-state index is 12.6. The van der Waals surface area contributed by atoms with E-state index in [1.54, 1.807) is 62.6 Å². The van der Waals surface area contributed by atoms with E-state index in [2.05, 4.69) is 15.7 Å². The van der Waals surface area contributed by atoms with Crippen molar-refractivity contribution < 1.29 is 23.7 Å². The molecule has 0 aliphatic heterocycles. The number of carbonyl (C=O) groups excluding carboxylic acids is 2. The zero-order valence-electron chi connectivity index (χ0n) is 18.8. The quantitative estimate of drug-likeness (QED) is 0.286. The van der Waals surface area contributed by atoms with Crippen molar-refractivity contribution in [3.05, 3.63) is 99.8 Å². The minimum Gasteiger partial charge on any atom is -0.486 e. The molecule has 2 aromatic heterocycles. The van der Waals surface area contributed by atoms with Crippen molar-refractivity contribution in [1.29, 1.82) is 0 Å². The molecule has 0 unspecified atom stereocenters. The maximum Gasteiger partial charge on any atom is 0.291 e. The van der Waals surface area contributed by atoms with Gasteiger partial charge >= 0.3 is 0 Å². The van der Waals surface area contributed by atoms with E-state index in [1.807, 2.05) is 0 Å². The van der Waals surface area contributed by atoms with Gasteiger partial charge in [-0.3, -0.25) is 24.4 Å². The first kappa shape index (κ1) is 23.2. The fourth-order valence-corrected chi connectivity index (χ4v) is 3.25. The van der Waals surface area contributed by atoms with Crippen LogP contribution in [-0.4, -0.2) is 26.5 Å². The minimum absolute atomic E-state index is 0.00896. The lowest BCUT2D eigenvalue weighted by Gasteiger charge is -2.07. The Morgan fingerprint density at radius 3 is 2.46 bits per heavy atom. The third kappa shape index (κ3) is 5.71. The summed E-state index contributed by atoms with van der Waals surface area (Å²) in [7, 11) is 1.72. The Labute approximate surface area is 199 Å². The molecule has 0 spiro atoms. The normalized spacial score (nSPS) is 10.6. The molecule has 0 saturated carbocycles. The van der Waals surface area contributed by atoms with E-state index in [-0.39, 0.29) is 29.7 Å². The van der Waals surface area contributed by atoms with Crippen LogP contribution in [0.15, 0.2) is 71.3 Å². The second-order valence-corrected chi connectivity index (χ2v) is 7.62. The molecular weight excluding hydrogens is 454 g/mol. The van der Waals surface area contributed by atoms with E-state index in [9.17, 15) is 19.7 Å². The average Bonchev–Trinajstić information content (AvgIpc) is 3.47. The zero-order chi connectivity index (χ0) is 24.9. The van der Waals surface area contributed by atoms with Gasteiger partial charge in [-0.1, -0.05) is 6.07 Å². The van der Waals surface area contributed by atoms with E-state index < -0.39 is 10.8 Å². The molecule has 2 N–H and O–H groups in total. The smallest absolute Gasteiger partial charge is 0.291 e. The van der Waals surface area contributed by atoms with Crippen LogP contribution in [0.1, 0.15) is 32.4 Å². The molecule has 0 aliphatic carbocycles. The predicted octanol–water partition coefficient (Wildman–Crippen LogP) is 4.31. The highest BCUT2D eigenvalue weighted by atomic mass is 16.6. The molecule has 11 heteroatoms. The SMILES string of the molecule is Cc1cc(OCc2ccc(C(=O)Nc3cccc(NC(=O)c4ccn(C)n4)c3)o2)ccc1[N+](=O)[O-]. The molecular formula is C24H21N5O6. The molecule has 11 nitrogen and oxygen atoms in total. The minimum atomic E-state index is -0.476. The Kier molecular flexibility index (Phi) is 6.58. The molecule has 0 saturated heterocycles. The van der Waals surface area contributed by atoms with Crippen LogP contribution in [0, 0.1) is 17.0 Å². The highest BCUT2D eigenvalue weighted by Crippen LogP contribution is 2.24. The van der Waals surface area contributed by atoms with E-state index in [4.69, 9.17) is 9.15 Å². The number of aryl methyl sites for hydroxylation is 2. The summed E-state index contributed by atoms with van der Waals surface area (Å²) in [6, 6.07) is 15.8. The second-order valence-electron chi connectivity index (χ2n) is 7.62. The maximum absolute atomic E-state index is 12.6. The van der Waals surface area contributed by atoms with Gasteiger partial charge < -0.3 is 19.8 Å². The fraction of sp³-hybridized carbons (Fsp3) is 0.125. The van der Waals surface area contributed by atoms with E-state index in [1.165, 1.54) is 22.9 Å². The van der Waals surface area contributed by atoms with Crippen LogP contribution >= 0.6 is 0 Å². The lowest BCUT2D eigenvalue weighted by atomic mass is 10.2. The van der Waals surface area contributed by atoms with Crippen molar-refractivity contribution >= 4 is 28.9 Å². The second kappa shape index (κ2) is 9.91. The summed E-state index contributed by atoms with van der Waals surface area (Å²) >= 11 is 0. The van der Waals surface area contributed by atoms with Gasteiger partial charge in [0, 0.05) is 36.2 Å². The summed E-state index contributed by atoms with van der Waals surface area (Å²) in [6.45, 7) is 1.67. The molecule has 0 aliphatic rings. The molecule has 178 valence electrons. The first-order valence-electron chi connectivity index (χ1n) is 10.5. The zero-order valence-corrected chi connectivity index (χ0v) is 18.8. The number of hydrogen-bond acceptors (Lipinski definition) is 7. The van der Waals surface area contributed by atoms with Gasteiger partial charge in [0.05, 0.1) is 4.92 Å². The number of nitro benzene ring substituents is 1. The monoisotopic (exact) mass is 475 g/mol. The highest BCUT2D eigenvalue weighted by molar-refractivity contribution is 6.04. The van der Waals surface area contributed by atoms with Gasteiger partial charge in [-0.05, 0) is 55.5 Å². The first-order valence-corrected chi connectivity index (χ1v) is 10.5. The van der Waals surface area contributed by atoms with Gasteiger partial charge in [-0.15, -0.1) is 0 Å². The number of rotatable bonds is 8. The Morgan fingerprint density at radius 2 is 1.80 bits per heavy atom. The number of carbonyl (C=O) groups is 2. The average molecular weight is 475 g/mol. The number of ether oxygens (including phenoxy) is 1. The van der Waals surface area contributed by atoms with Crippen LogP contribution in [0.5, 0.6) is 5.75 Å². The Hall–Kier alpha value is -4.93. The highest BCUT2D eigenvalue weighted by Gasteiger charge is 2.15. The summed E-state index contributed by atoms with van der Waals surface area (Å²) in [5.74, 6) is 0.0811. The van der Waals surface area contributed by atoms with Crippen LogP contribution in [0.2, 0.25) is 0 Å². The van der Waals surface area contributed by atoms with Gasteiger partial charge in [0.15, 0.2) is 11.5 Å². The number of nitrogens with one attached hydrogen (secondary N) is 2.